The molecule has 0 radical (unpaired) electrons. The van der Waals surface area contributed by atoms with Crippen LogP contribution < -0.4 is 9.64 Å². The maximum atomic E-state index is 13.0. The van der Waals surface area contributed by atoms with Gasteiger partial charge in [-0.25, -0.2) is 9.18 Å². The standard InChI is InChI=1S/C22H25FN2O3/c23-18-7-9-20(10-8-18)27-16-15-24-13-4-11-22(12-14-24)17-25(21(26)28-22)19-5-2-1-3-6-19/h1-3,5-10H,4,11-17H2. The van der Waals surface area contributed by atoms with Crippen molar-refractivity contribution in [3.63, 3.8) is 0 Å². The number of halogens is 1. The highest BCUT2D eigenvalue weighted by Crippen LogP contribution is 2.35. The molecule has 2 aliphatic rings. The Bertz CT molecular complexity index is 799. The number of hydrogen-bond acceptors (Lipinski definition) is 4. The first-order valence-corrected chi connectivity index (χ1v) is 9.80. The molecule has 1 atom stereocenters. The molecule has 6 heteroatoms. The third kappa shape index (κ3) is 4.28. The molecule has 2 aromatic rings. The van der Waals surface area contributed by atoms with Crippen LogP contribution in [-0.2, 0) is 4.74 Å². The monoisotopic (exact) mass is 384 g/mol. The van der Waals surface area contributed by atoms with E-state index in [1.807, 2.05) is 30.3 Å². The van der Waals surface area contributed by atoms with E-state index in [1.165, 1.54) is 12.1 Å². The van der Waals surface area contributed by atoms with Crippen LogP contribution in [0.2, 0.25) is 0 Å². The fourth-order valence-electron chi connectivity index (χ4n) is 3.96. The molecule has 0 N–H and O–H groups in total. The molecular formula is C22H25FN2O3. The number of carbonyl (C=O) groups is 1. The molecule has 1 unspecified atom stereocenters. The quantitative estimate of drug-likeness (QED) is 0.779. The molecule has 1 amide bonds. The van der Waals surface area contributed by atoms with Gasteiger partial charge >= 0.3 is 6.09 Å². The minimum absolute atomic E-state index is 0.251. The largest absolute Gasteiger partial charge is 0.492 e. The summed E-state index contributed by atoms with van der Waals surface area (Å²) in [6, 6.07) is 15.8. The maximum Gasteiger partial charge on any atom is 0.415 e. The van der Waals surface area contributed by atoms with E-state index in [-0.39, 0.29) is 11.9 Å². The van der Waals surface area contributed by atoms with Gasteiger partial charge in [0.25, 0.3) is 0 Å². The molecule has 0 saturated carbocycles. The number of anilines is 1. The lowest BCUT2D eigenvalue weighted by Gasteiger charge is -2.25. The number of likely N-dealkylation sites (tertiary alicyclic amines) is 1. The van der Waals surface area contributed by atoms with Crippen molar-refractivity contribution < 1.29 is 18.7 Å². The van der Waals surface area contributed by atoms with Gasteiger partial charge in [0.15, 0.2) is 0 Å². The smallest absolute Gasteiger partial charge is 0.415 e. The molecule has 1 spiro atoms. The number of amides is 1. The molecule has 0 aliphatic carbocycles. The molecule has 5 nitrogen and oxygen atoms in total. The van der Waals surface area contributed by atoms with Crippen LogP contribution in [0.3, 0.4) is 0 Å². The molecule has 2 aromatic carbocycles. The van der Waals surface area contributed by atoms with Crippen molar-refractivity contribution in [2.24, 2.45) is 0 Å². The number of hydrogen-bond donors (Lipinski definition) is 0. The summed E-state index contributed by atoms with van der Waals surface area (Å²) in [7, 11) is 0. The average molecular weight is 384 g/mol. The second-order valence-corrected chi connectivity index (χ2v) is 7.47. The number of rotatable bonds is 5. The van der Waals surface area contributed by atoms with Crippen LogP contribution >= 0.6 is 0 Å². The highest BCUT2D eigenvalue weighted by Gasteiger charge is 2.46. The molecule has 2 fully saturated rings. The molecule has 0 aromatic heterocycles. The average Bonchev–Trinajstić information content (AvgIpc) is 2.91. The SMILES string of the molecule is O=C1OC2(CCCN(CCOc3ccc(F)cc3)CC2)CN1c1ccccc1. The van der Waals surface area contributed by atoms with Gasteiger partial charge < -0.3 is 9.47 Å². The number of para-hydroxylation sites is 1. The fourth-order valence-corrected chi connectivity index (χ4v) is 3.96. The molecule has 28 heavy (non-hydrogen) atoms. The van der Waals surface area contributed by atoms with E-state index in [0.29, 0.717) is 18.9 Å². The zero-order valence-electron chi connectivity index (χ0n) is 15.9. The zero-order valence-corrected chi connectivity index (χ0v) is 15.9. The van der Waals surface area contributed by atoms with Crippen molar-refractivity contribution in [3.8, 4) is 5.75 Å². The van der Waals surface area contributed by atoms with E-state index in [2.05, 4.69) is 4.90 Å². The van der Waals surface area contributed by atoms with Gasteiger partial charge in [-0.1, -0.05) is 18.2 Å². The Balaban J connectivity index is 1.30. The van der Waals surface area contributed by atoms with Crippen LogP contribution in [0.1, 0.15) is 19.3 Å². The van der Waals surface area contributed by atoms with Crippen molar-refractivity contribution in [3.05, 3.63) is 60.4 Å². The van der Waals surface area contributed by atoms with Gasteiger partial charge in [0, 0.05) is 25.2 Å². The summed E-state index contributed by atoms with van der Waals surface area (Å²) in [6.07, 6.45) is 2.42. The zero-order chi connectivity index (χ0) is 19.4. The molecule has 0 bridgehead atoms. The van der Waals surface area contributed by atoms with E-state index >= 15 is 0 Å². The third-order valence-electron chi connectivity index (χ3n) is 5.52. The van der Waals surface area contributed by atoms with Crippen LogP contribution in [0.5, 0.6) is 5.75 Å². The van der Waals surface area contributed by atoms with Gasteiger partial charge in [0.1, 0.15) is 23.8 Å². The summed E-state index contributed by atoms with van der Waals surface area (Å²) in [5, 5.41) is 0. The molecule has 4 rings (SSSR count). The van der Waals surface area contributed by atoms with Crippen LogP contribution in [0.4, 0.5) is 14.9 Å². The first-order valence-electron chi connectivity index (χ1n) is 9.80. The van der Waals surface area contributed by atoms with E-state index in [4.69, 9.17) is 9.47 Å². The minimum atomic E-state index is -0.403. The topological polar surface area (TPSA) is 42.0 Å². The molecule has 2 aliphatic heterocycles. The lowest BCUT2D eigenvalue weighted by Crippen LogP contribution is -2.36. The summed E-state index contributed by atoms with van der Waals surface area (Å²) in [6.45, 7) is 3.77. The summed E-state index contributed by atoms with van der Waals surface area (Å²) < 4.78 is 24.5. The maximum absolute atomic E-state index is 13.0. The van der Waals surface area contributed by atoms with Crippen molar-refractivity contribution in [1.82, 2.24) is 4.90 Å². The number of nitrogens with zero attached hydrogens (tertiary/aromatic N) is 2. The predicted octanol–water partition coefficient (Wildman–Crippen LogP) is 4.09. The predicted molar refractivity (Wildman–Crippen MR) is 105 cm³/mol. The van der Waals surface area contributed by atoms with Crippen LogP contribution in [0.25, 0.3) is 0 Å². The Morgan fingerprint density at radius 2 is 1.82 bits per heavy atom. The minimum Gasteiger partial charge on any atom is -0.492 e. The van der Waals surface area contributed by atoms with E-state index in [1.54, 1.807) is 17.0 Å². The summed E-state index contributed by atoms with van der Waals surface area (Å²) in [5.41, 5.74) is 0.484. The van der Waals surface area contributed by atoms with Gasteiger partial charge in [-0.05, 0) is 55.8 Å². The van der Waals surface area contributed by atoms with Crippen LogP contribution in [-0.4, -0.2) is 49.4 Å². The first kappa shape index (κ1) is 18.7. The van der Waals surface area contributed by atoms with E-state index < -0.39 is 5.60 Å². The Labute approximate surface area is 164 Å². The van der Waals surface area contributed by atoms with E-state index in [9.17, 15) is 9.18 Å². The Kier molecular flexibility index (Phi) is 5.48. The highest BCUT2D eigenvalue weighted by atomic mass is 19.1. The molecular weight excluding hydrogens is 359 g/mol. The highest BCUT2D eigenvalue weighted by molar-refractivity contribution is 5.90. The van der Waals surface area contributed by atoms with Crippen molar-refractivity contribution in [1.29, 1.82) is 0 Å². The second-order valence-electron chi connectivity index (χ2n) is 7.47. The van der Waals surface area contributed by atoms with Gasteiger partial charge in [0.05, 0.1) is 6.54 Å². The molecule has 148 valence electrons. The van der Waals surface area contributed by atoms with Gasteiger partial charge in [-0.15, -0.1) is 0 Å². The molecule has 2 heterocycles. The summed E-state index contributed by atoms with van der Waals surface area (Å²) in [4.78, 5) is 16.5. The van der Waals surface area contributed by atoms with Gasteiger partial charge in [-0.2, -0.15) is 0 Å². The fraction of sp³-hybridized carbons (Fsp3) is 0.409. The summed E-state index contributed by atoms with van der Waals surface area (Å²) >= 11 is 0. The van der Waals surface area contributed by atoms with E-state index in [0.717, 1.165) is 44.6 Å². The van der Waals surface area contributed by atoms with Gasteiger partial charge in [-0.3, -0.25) is 9.80 Å². The lowest BCUT2D eigenvalue weighted by atomic mass is 9.95. The number of carbonyl (C=O) groups excluding carboxylic acids is 1. The van der Waals surface area contributed by atoms with Gasteiger partial charge in [0.2, 0.25) is 0 Å². The lowest BCUT2D eigenvalue weighted by molar-refractivity contribution is 0.0441. The third-order valence-corrected chi connectivity index (χ3v) is 5.52. The second kappa shape index (κ2) is 8.19. The van der Waals surface area contributed by atoms with Crippen LogP contribution in [0.15, 0.2) is 54.6 Å². The first-order chi connectivity index (χ1) is 13.6. The summed E-state index contributed by atoms with van der Waals surface area (Å²) in [5.74, 6) is 0.414. The van der Waals surface area contributed by atoms with Crippen molar-refractivity contribution in [2.45, 2.75) is 24.9 Å². The Morgan fingerprint density at radius 1 is 1.04 bits per heavy atom. The number of benzene rings is 2. The number of ether oxygens (including phenoxy) is 2. The van der Waals surface area contributed by atoms with Crippen molar-refractivity contribution >= 4 is 11.8 Å². The van der Waals surface area contributed by atoms with Crippen LogP contribution in [0, 0.1) is 5.82 Å². The van der Waals surface area contributed by atoms with Crippen molar-refractivity contribution in [2.75, 3.05) is 37.7 Å². The normalized spacial score (nSPS) is 22.9. The molecule has 2 saturated heterocycles. The Morgan fingerprint density at radius 3 is 2.61 bits per heavy atom. The Hall–Kier alpha value is -2.60.